The molecule has 0 spiro atoms. The molecule has 0 radical (unpaired) electrons. The summed E-state index contributed by atoms with van der Waals surface area (Å²) in [6, 6.07) is 0. The van der Waals surface area contributed by atoms with E-state index in [1.807, 2.05) is 12.2 Å². The molecule has 80 valence electrons. The summed E-state index contributed by atoms with van der Waals surface area (Å²) in [7, 11) is 0. The van der Waals surface area contributed by atoms with E-state index in [1.54, 1.807) is 0 Å². The van der Waals surface area contributed by atoms with E-state index < -0.39 is 0 Å². The molecular formula is C13H16O2. The first-order chi connectivity index (χ1) is 6.99. The summed E-state index contributed by atoms with van der Waals surface area (Å²) < 4.78 is 5.56. The lowest BCUT2D eigenvalue weighted by Gasteiger charge is -2.14. The van der Waals surface area contributed by atoms with Gasteiger partial charge in [0.1, 0.15) is 5.76 Å². The van der Waals surface area contributed by atoms with Gasteiger partial charge in [-0.1, -0.05) is 26.5 Å². The minimum absolute atomic E-state index is 0.0369. The first-order valence-corrected chi connectivity index (χ1v) is 5.28. The van der Waals surface area contributed by atoms with Crippen LogP contribution < -0.4 is 0 Å². The normalized spacial score (nSPS) is 24.7. The lowest BCUT2D eigenvalue weighted by molar-refractivity contribution is -0.112. The van der Waals surface area contributed by atoms with Gasteiger partial charge in [-0.2, -0.15) is 0 Å². The Bertz CT molecular complexity index is 383. The lowest BCUT2D eigenvalue weighted by atomic mass is 9.90. The second-order valence-corrected chi connectivity index (χ2v) is 4.87. The van der Waals surface area contributed by atoms with E-state index in [2.05, 4.69) is 20.4 Å². The minimum Gasteiger partial charge on any atom is -0.492 e. The predicted octanol–water partition coefficient (Wildman–Crippen LogP) is 2.77. The van der Waals surface area contributed by atoms with Gasteiger partial charge in [0, 0.05) is 5.41 Å². The van der Waals surface area contributed by atoms with Crippen LogP contribution in [0.25, 0.3) is 0 Å². The molecule has 0 aromatic rings. The largest absolute Gasteiger partial charge is 0.492 e. The molecule has 2 heteroatoms. The fourth-order valence-corrected chi connectivity index (χ4v) is 1.86. The molecule has 0 bridgehead atoms. The number of carbonyl (C=O) groups excluding carboxylic acids is 1. The highest BCUT2D eigenvalue weighted by Crippen LogP contribution is 2.34. The van der Waals surface area contributed by atoms with Crippen molar-refractivity contribution in [3.05, 3.63) is 35.6 Å². The van der Waals surface area contributed by atoms with Crippen LogP contribution in [0.1, 0.15) is 26.7 Å². The summed E-state index contributed by atoms with van der Waals surface area (Å²) in [5, 5.41) is 0. The second-order valence-electron chi connectivity index (χ2n) is 4.87. The number of ketones is 1. The molecule has 0 fully saturated rings. The van der Waals surface area contributed by atoms with Gasteiger partial charge >= 0.3 is 0 Å². The van der Waals surface area contributed by atoms with Crippen LogP contribution >= 0.6 is 0 Å². The van der Waals surface area contributed by atoms with Crippen molar-refractivity contribution in [1.82, 2.24) is 0 Å². The molecule has 0 saturated heterocycles. The number of ether oxygens (including phenoxy) is 1. The van der Waals surface area contributed by atoms with Crippen LogP contribution in [0.15, 0.2) is 35.6 Å². The number of hydrogen-bond donors (Lipinski definition) is 0. The maximum atomic E-state index is 11.8. The average Bonchev–Trinajstić information content (AvgIpc) is 2.51. The number of carbonyl (C=O) groups is 1. The second kappa shape index (κ2) is 3.37. The number of rotatable bonds is 1. The molecule has 2 rings (SSSR count). The predicted molar refractivity (Wildman–Crippen MR) is 59.3 cm³/mol. The molecule has 0 N–H and O–H groups in total. The van der Waals surface area contributed by atoms with Crippen LogP contribution in [0.5, 0.6) is 0 Å². The maximum Gasteiger partial charge on any atom is 0.191 e. The van der Waals surface area contributed by atoms with Gasteiger partial charge in [0.2, 0.25) is 0 Å². The van der Waals surface area contributed by atoms with E-state index in [4.69, 9.17) is 4.74 Å². The van der Waals surface area contributed by atoms with Gasteiger partial charge in [-0.05, 0) is 24.5 Å². The van der Waals surface area contributed by atoms with Gasteiger partial charge in [-0.15, -0.1) is 0 Å². The fourth-order valence-electron chi connectivity index (χ4n) is 1.86. The number of hydrogen-bond acceptors (Lipinski definition) is 2. The van der Waals surface area contributed by atoms with Gasteiger partial charge < -0.3 is 4.74 Å². The Morgan fingerprint density at radius 2 is 2.20 bits per heavy atom. The minimum atomic E-state index is 0.0369. The molecule has 0 unspecified atom stereocenters. The summed E-state index contributed by atoms with van der Waals surface area (Å²) in [4.78, 5) is 11.8. The van der Waals surface area contributed by atoms with E-state index in [1.165, 1.54) is 0 Å². The van der Waals surface area contributed by atoms with E-state index in [0.29, 0.717) is 17.8 Å². The third-order valence-corrected chi connectivity index (χ3v) is 2.75. The van der Waals surface area contributed by atoms with E-state index in [0.717, 1.165) is 18.6 Å². The van der Waals surface area contributed by atoms with Crippen molar-refractivity contribution in [2.45, 2.75) is 26.7 Å². The molecule has 0 amide bonds. The Balaban J connectivity index is 2.29. The highest BCUT2D eigenvalue weighted by Gasteiger charge is 2.30. The zero-order valence-corrected chi connectivity index (χ0v) is 9.30. The van der Waals surface area contributed by atoms with Crippen molar-refractivity contribution < 1.29 is 9.53 Å². The third-order valence-electron chi connectivity index (χ3n) is 2.75. The van der Waals surface area contributed by atoms with Crippen molar-refractivity contribution in [2.75, 3.05) is 6.61 Å². The van der Waals surface area contributed by atoms with Crippen molar-refractivity contribution in [3.8, 4) is 0 Å². The smallest absolute Gasteiger partial charge is 0.191 e. The maximum absolute atomic E-state index is 11.8. The summed E-state index contributed by atoms with van der Waals surface area (Å²) in [5.41, 5.74) is 1.44. The van der Waals surface area contributed by atoms with Crippen molar-refractivity contribution in [3.63, 3.8) is 0 Å². The average molecular weight is 204 g/mol. The standard InChI is InChI=1S/C13H16O2/c1-9-5-4-6-10(12(9)14)11-7-13(2,3)8-15-11/h6-7H,1,4-5,8H2,2-3H3. The van der Waals surface area contributed by atoms with Gasteiger partial charge in [-0.25, -0.2) is 0 Å². The highest BCUT2D eigenvalue weighted by atomic mass is 16.5. The molecule has 0 atom stereocenters. The zero-order valence-electron chi connectivity index (χ0n) is 9.30. The molecule has 1 heterocycles. The van der Waals surface area contributed by atoms with Crippen LogP contribution in [0.4, 0.5) is 0 Å². The topological polar surface area (TPSA) is 26.3 Å². The van der Waals surface area contributed by atoms with E-state index in [9.17, 15) is 4.79 Å². The number of allylic oxidation sites excluding steroid dienone is 3. The molecule has 15 heavy (non-hydrogen) atoms. The van der Waals surface area contributed by atoms with Crippen LogP contribution in [-0.4, -0.2) is 12.4 Å². The Labute approximate surface area is 90.3 Å². The summed E-state index contributed by atoms with van der Waals surface area (Å²) >= 11 is 0. The van der Waals surface area contributed by atoms with Crippen molar-refractivity contribution >= 4 is 5.78 Å². The molecule has 0 aromatic heterocycles. The highest BCUT2D eigenvalue weighted by molar-refractivity contribution is 6.11. The first-order valence-electron chi connectivity index (χ1n) is 5.28. The molecule has 0 aromatic carbocycles. The Hall–Kier alpha value is -1.31. The quantitative estimate of drug-likeness (QED) is 0.614. The Morgan fingerprint density at radius 3 is 2.80 bits per heavy atom. The first kappa shape index (κ1) is 10.2. The van der Waals surface area contributed by atoms with Crippen LogP contribution in [-0.2, 0) is 9.53 Å². The molecular weight excluding hydrogens is 188 g/mol. The fraction of sp³-hybridized carbons (Fsp3) is 0.462. The van der Waals surface area contributed by atoms with Gasteiger partial charge in [0.05, 0.1) is 12.2 Å². The summed E-state index contributed by atoms with van der Waals surface area (Å²) in [5.74, 6) is 0.788. The molecule has 2 nitrogen and oxygen atoms in total. The van der Waals surface area contributed by atoms with Crippen LogP contribution in [0, 0.1) is 5.41 Å². The third kappa shape index (κ3) is 1.89. The van der Waals surface area contributed by atoms with Crippen LogP contribution in [0.2, 0.25) is 0 Å². The monoisotopic (exact) mass is 204 g/mol. The Morgan fingerprint density at radius 1 is 1.47 bits per heavy atom. The summed E-state index contributed by atoms with van der Waals surface area (Å²) in [6.45, 7) is 8.63. The zero-order chi connectivity index (χ0) is 11.1. The van der Waals surface area contributed by atoms with Gasteiger partial charge in [0.15, 0.2) is 5.78 Å². The molecule has 2 aliphatic rings. The van der Waals surface area contributed by atoms with Gasteiger partial charge in [0.25, 0.3) is 0 Å². The van der Waals surface area contributed by atoms with E-state index in [-0.39, 0.29) is 11.2 Å². The molecule has 1 aliphatic carbocycles. The van der Waals surface area contributed by atoms with Gasteiger partial charge in [-0.3, -0.25) is 4.79 Å². The van der Waals surface area contributed by atoms with Crippen LogP contribution in [0.3, 0.4) is 0 Å². The van der Waals surface area contributed by atoms with Crippen molar-refractivity contribution in [2.24, 2.45) is 5.41 Å². The van der Waals surface area contributed by atoms with Crippen molar-refractivity contribution in [1.29, 1.82) is 0 Å². The molecule has 1 aliphatic heterocycles. The van der Waals surface area contributed by atoms with E-state index >= 15 is 0 Å². The lowest BCUT2D eigenvalue weighted by Crippen LogP contribution is -2.12. The number of Topliss-reactive ketones (excluding diaryl/α,β-unsaturated/α-hetero) is 1. The SMILES string of the molecule is C=C1CCC=C(C2=CC(C)(C)CO2)C1=O. The molecule has 0 saturated carbocycles. The Kier molecular flexibility index (Phi) is 2.29. The summed E-state index contributed by atoms with van der Waals surface area (Å²) in [6.07, 6.45) is 5.67.